The van der Waals surface area contributed by atoms with Crippen LogP contribution < -0.4 is 11.5 Å². The quantitative estimate of drug-likeness (QED) is 0.850. The third-order valence-corrected chi connectivity index (χ3v) is 3.74. The zero-order valence-corrected chi connectivity index (χ0v) is 11.0. The summed E-state index contributed by atoms with van der Waals surface area (Å²) in [5, 5.41) is 4.75. The van der Waals surface area contributed by atoms with E-state index in [1.165, 1.54) is 16.7 Å². The average molecular weight is 257 g/mol. The number of aromatic nitrogens is 3. The van der Waals surface area contributed by atoms with E-state index in [1.807, 2.05) is 23.1 Å². The normalized spacial score (nSPS) is 13.2. The fourth-order valence-corrected chi connectivity index (χ4v) is 2.78. The van der Waals surface area contributed by atoms with E-state index in [2.05, 4.69) is 4.98 Å². The van der Waals surface area contributed by atoms with Gasteiger partial charge in [-0.2, -0.15) is 5.10 Å². The zero-order valence-electron chi connectivity index (χ0n) is 11.0. The molecule has 0 saturated carbocycles. The standard InChI is InChI=1S/C14H19N5/c15-5-1-7-19-13(8-16)12-3-2-10-9-17-6-4-11(10)14(12)18-19/h4,6,9H,1-3,5,7-8,15-16H2. The van der Waals surface area contributed by atoms with E-state index in [9.17, 15) is 0 Å². The van der Waals surface area contributed by atoms with Crippen molar-refractivity contribution in [3.05, 3.63) is 35.3 Å². The minimum absolute atomic E-state index is 0.535. The summed E-state index contributed by atoms with van der Waals surface area (Å²) in [4.78, 5) is 4.19. The molecule has 19 heavy (non-hydrogen) atoms. The third-order valence-electron chi connectivity index (χ3n) is 3.74. The van der Waals surface area contributed by atoms with Crippen LogP contribution in [0.25, 0.3) is 11.3 Å². The Kier molecular flexibility index (Phi) is 3.31. The molecule has 0 fully saturated rings. The lowest BCUT2D eigenvalue weighted by atomic mass is 9.90. The number of fused-ring (bicyclic) bond motifs is 3. The van der Waals surface area contributed by atoms with Crippen LogP contribution in [0.2, 0.25) is 0 Å². The summed E-state index contributed by atoms with van der Waals surface area (Å²) < 4.78 is 2.03. The van der Waals surface area contributed by atoms with E-state index in [-0.39, 0.29) is 0 Å². The molecule has 0 atom stereocenters. The van der Waals surface area contributed by atoms with Crippen LogP contribution in [0.15, 0.2) is 18.5 Å². The van der Waals surface area contributed by atoms with Crippen LogP contribution >= 0.6 is 0 Å². The molecule has 0 amide bonds. The van der Waals surface area contributed by atoms with E-state index >= 15 is 0 Å². The second-order valence-corrected chi connectivity index (χ2v) is 4.88. The Balaban J connectivity index is 2.08. The number of hydrogen-bond donors (Lipinski definition) is 2. The van der Waals surface area contributed by atoms with Crippen molar-refractivity contribution in [2.24, 2.45) is 11.5 Å². The summed E-state index contributed by atoms with van der Waals surface area (Å²) in [6.07, 6.45) is 6.72. The Labute approximate surface area is 112 Å². The molecule has 0 unspecified atom stereocenters. The lowest BCUT2D eigenvalue weighted by molar-refractivity contribution is 0.560. The summed E-state index contributed by atoms with van der Waals surface area (Å²) in [6, 6.07) is 2.05. The number of nitrogens with zero attached hydrogens (tertiary/aromatic N) is 3. The van der Waals surface area contributed by atoms with Gasteiger partial charge in [-0.3, -0.25) is 9.67 Å². The van der Waals surface area contributed by atoms with Gasteiger partial charge in [0.25, 0.3) is 0 Å². The predicted octanol–water partition coefficient (Wildman–Crippen LogP) is 0.851. The molecule has 0 radical (unpaired) electrons. The highest BCUT2D eigenvalue weighted by Gasteiger charge is 2.23. The van der Waals surface area contributed by atoms with E-state index in [0.29, 0.717) is 13.1 Å². The summed E-state index contributed by atoms with van der Waals surface area (Å²) in [5.41, 5.74) is 17.5. The first-order chi connectivity index (χ1) is 9.35. The van der Waals surface area contributed by atoms with Crippen molar-refractivity contribution < 1.29 is 0 Å². The third kappa shape index (κ3) is 2.05. The van der Waals surface area contributed by atoms with Crippen molar-refractivity contribution in [2.75, 3.05) is 6.54 Å². The summed E-state index contributed by atoms with van der Waals surface area (Å²) in [7, 11) is 0. The van der Waals surface area contributed by atoms with Crippen LogP contribution in [-0.2, 0) is 25.9 Å². The first-order valence-corrected chi connectivity index (χ1v) is 6.77. The van der Waals surface area contributed by atoms with Crippen LogP contribution in [-0.4, -0.2) is 21.3 Å². The highest BCUT2D eigenvalue weighted by atomic mass is 15.3. The summed E-state index contributed by atoms with van der Waals surface area (Å²) in [6.45, 7) is 2.05. The lowest BCUT2D eigenvalue weighted by Gasteiger charge is -2.14. The Hall–Kier alpha value is -1.72. The van der Waals surface area contributed by atoms with Crippen LogP contribution in [0.3, 0.4) is 0 Å². The Bertz CT molecular complexity index is 588. The maximum Gasteiger partial charge on any atom is 0.0962 e. The van der Waals surface area contributed by atoms with Crippen molar-refractivity contribution in [3.8, 4) is 11.3 Å². The molecule has 2 aromatic heterocycles. The molecular weight excluding hydrogens is 238 g/mol. The minimum Gasteiger partial charge on any atom is -0.330 e. The smallest absolute Gasteiger partial charge is 0.0962 e. The SMILES string of the molecule is NCCCn1nc2c(c1CN)CCc1cnccc1-2. The number of aryl methyl sites for hydroxylation is 2. The topological polar surface area (TPSA) is 82.8 Å². The second-order valence-electron chi connectivity index (χ2n) is 4.88. The molecule has 3 rings (SSSR count). The van der Waals surface area contributed by atoms with Gasteiger partial charge in [0, 0.05) is 36.6 Å². The Morgan fingerprint density at radius 1 is 1.26 bits per heavy atom. The summed E-state index contributed by atoms with van der Waals surface area (Å²) in [5.74, 6) is 0. The second kappa shape index (κ2) is 5.11. The van der Waals surface area contributed by atoms with Crippen molar-refractivity contribution in [1.29, 1.82) is 0 Å². The van der Waals surface area contributed by atoms with Crippen molar-refractivity contribution in [3.63, 3.8) is 0 Å². The fraction of sp³-hybridized carbons (Fsp3) is 0.429. The van der Waals surface area contributed by atoms with Gasteiger partial charge in [-0.15, -0.1) is 0 Å². The van der Waals surface area contributed by atoms with Gasteiger partial charge >= 0.3 is 0 Å². The fourth-order valence-electron chi connectivity index (χ4n) is 2.78. The van der Waals surface area contributed by atoms with Gasteiger partial charge in [-0.05, 0) is 37.4 Å². The molecule has 0 bridgehead atoms. The minimum atomic E-state index is 0.535. The molecule has 0 aromatic carbocycles. The van der Waals surface area contributed by atoms with Crippen molar-refractivity contribution >= 4 is 0 Å². The number of nitrogens with two attached hydrogens (primary N) is 2. The molecule has 5 heteroatoms. The van der Waals surface area contributed by atoms with Gasteiger partial charge in [-0.1, -0.05) is 0 Å². The molecule has 4 N–H and O–H groups in total. The van der Waals surface area contributed by atoms with E-state index in [0.717, 1.165) is 37.2 Å². The zero-order chi connectivity index (χ0) is 13.2. The van der Waals surface area contributed by atoms with Crippen LogP contribution in [0, 0.1) is 0 Å². The predicted molar refractivity (Wildman–Crippen MR) is 74.4 cm³/mol. The van der Waals surface area contributed by atoms with Gasteiger partial charge < -0.3 is 11.5 Å². The molecule has 2 heterocycles. The number of rotatable bonds is 4. The average Bonchev–Trinajstić information content (AvgIpc) is 2.82. The molecule has 1 aliphatic carbocycles. The molecule has 1 aliphatic rings. The number of pyridine rings is 1. The molecular formula is C14H19N5. The summed E-state index contributed by atoms with van der Waals surface area (Å²) >= 11 is 0. The molecule has 0 spiro atoms. The van der Waals surface area contributed by atoms with Crippen LogP contribution in [0.5, 0.6) is 0 Å². The molecule has 0 aliphatic heterocycles. The van der Waals surface area contributed by atoms with Gasteiger partial charge in [0.2, 0.25) is 0 Å². The van der Waals surface area contributed by atoms with Crippen LogP contribution in [0.4, 0.5) is 0 Å². The molecule has 0 saturated heterocycles. The molecule has 100 valence electrons. The van der Waals surface area contributed by atoms with E-state index in [4.69, 9.17) is 16.6 Å². The van der Waals surface area contributed by atoms with Gasteiger partial charge in [0.15, 0.2) is 0 Å². The van der Waals surface area contributed by atoms with Crippen molar-refractivity contribution in [2.45, 2.75) is 32.4 Å². The maximum atomic E-state index is 5.91. The van der Waals surface area contributed by atoms with Crippen LogP contribution in [0.1, 0.15) is 23.2 Å². The van der Waals surface area contributed by atoms with Gasteiger partial charge in [0.1, 0.15) is 0 Å². The number of hydrogen-bond acceptors (Lipinski definition) is 4. The Morgan fingerprint density at radius 2 is 2.16 bits per heavy atom. The highest BCUT2D eigenvalue weighted by Crippen LogP contribution is 2.33. The highest BCUT2D eigenvalue weighted by molar-refractivity contribution is 5.69. The lowest BCUT2D eigenvalue weighted by Crippen LogP contribution is -2.13. The molecule has 2 aromatic rings. The van der Waals surface area contributed by atoms with Gasteiger partial charge in [-0.25, -0.2) is 0 Å². The maximum absolute atomic E-state index is 5.91. The van der Waals surface area contributed by atoms with Gasteiger partial charge in [0.05, 0.1) is 11.4 Å². The first kappa shape index (κ1) is 12.3. The van der Waals surface area contributed by atoms with Crippen molar-refractivity contribution in [1.82, 2.24) is 14.8 Å². The van der Waals surface area contributed by atoms with E-state index in [1.54, 1.807) is 0 Å². The van der Waals surface area contributed by atoms with E-state index < -0.39 is 0 Å². The largest absolute Gasteiger partial charge is 0.330 e. The Morgan fingerprint density at radius 3 is 2.95 bits per heavy atom. The molecule has 5 nitrogen and oxygen atoms in total. The monoisotopic (exact) mass is 257 g/mol. The first-order valence-electron chi connectivity index (χ1n) is 6.77.